The van der Waals surface area contributed by atoms with E-state index in [9.17, 15) is 15.2 Å². The monoisotopic (exact) mass is 413 g/mol. The second-order valence-corrected chi connectivity index (χ2v) is 8.98. The normalized spacial score (nSPS) is 17.3. The fourth-order valence-electron chi connectivity index (χ4n) is 4.19. The van der Waals surface area contributed by atoms with Crippen LogP contribution in [-0.2, 0) is 6.42 Å². The van der Waals surface area contributed by atoms with Crippen LogP contribution in [0.4, 0.5) is 5.69 Å². The van der Waals surface area contributed by atoms with Crippen molar-refractivity contribution in [3.05, 3.63) is 67.9 Å². The number of benzene rings is 1. The Bertz CT molecular complexity index is 825. The van der Waals surface area contributed by atoms with E-state index in [4.69, 9.17) is 0 Å². The fraction of sp³-hybridized carbons (Fsp3) is 0.500. The molecule has 0 bridgehead atoms. The number of hydrogen-bond acceptors (Lipinski definition) is 4. The Kier molecular flexibility index (Phi) is 8.01. The second-order valence-electron chi connectivity index (χ2n) is 7.99. The summed E-state index contributed by atoms with van der Waals surface area (Å²) < 4.78 is 0. The van der Waals surface area contributed by atoms with Gasteiger partial charge in [0.1, 0.15) is 0 Å². The Morgan fingerprint density at radius 1 is 1.24 bits per heavy atom. The van der Waals surface area contributed by atoms with Crippen molar-refractivity contribution in [2.45, 2.75) is 70.8 Å². The Labute approximate surface area is 177 Å². The molecule has 5 heteroatoms. The lowest BCUT2D eigenvalue weighted by Crippen LogP contribution is -2.01. The van der Waals surface area contributed by atoms with Gasteiger partial charge < -0.3 is 5.11 Å². The molecule has 1 aromatic heterocycles. The first-order valence-electron chi connectivity index (χ1n) is 10.8. The third-order valence-corrected chi connectivity index (χ3v) is 6.84. The third kappa shape index (κ3) is 6.00. The van der Waals surface area contributed by atoms with Crippen LogP contribution in [-0.4, -0.2) is 10.0 Å². The number of nitrogens with zero attached hydrogens (tertiary/aromatic N) is 1. The van der Waals surface area contributed by atoms with Gasteiger partial charge in [0, 0.05) is 10.9 Å². The molecule has 1 aliphatic carbocycles. The molecule has 1 aromatic carbocycles. The molecule has 29 heavy (non-hydrogen) atoms. The zero-order valence-electron chi connectivity index (χ0n) is 17.2. The first-order valence-corrected chi connectivity index (χ1v) is 11.7. The lowest BCUT2D eigenvalue weighted by Gasteiger charge is -2.16. The molecule has 0 amide bonds. The molecular weight excluding hydrogens is 382 g/mol. The highest BCUT2D eigenvalue weighted by atomic mass is 32.1. The highest BCUT2D eigenvalue weighted by Gasteiger charge is 2.21. The summed E-state index contributed by atoms with van der Waals surface area (Å²) in [6, 6.07) is 10.2. The van der Waals surface area contributed by atoms with Crippen molar-refractivity contribution in [2.24, 2.45) is 5.92 Å². The number of nitro groups is 1. The molecule has 1 heterocycles. The van der Waals surface area contributed by atoms with E-state index in [2.05, 4.69) is 37.3 Å². The molecule has 2 atom stereocenters. The minimum atomic E-state index is -0.362. The van der Waals surface area contributed by atoms with Crippen LogP contribution in [0, 0.1) is 16.0 Å². The maximum Gasteiger partial charge on any atom is 0.280 e. The van der Waals surface area contributed by atoms with E-state index in [-0.39, 0.29) is 16.7 Å². The van der Waals surface area contributed by atoms with Crippen LogP contribution in [0.5, 0.6) is 0 Å². The molecule has 0 aliphatic heterocycles. The summed E-state index contributed by atoms with van der Waals surface area (Å²) in [5, 5.41) is 22.8. The highest BCUT2D eigenvalue weighted by molar-refractivity contribution is 7.10. The molecule has 1 unspecified atom stereocenters. The Balaban J connectivity index is 1.52. The van der Waals surface area contributed by atoms with Crippen molar-refractivity contribution in [2.75, 3.05) is 0 Å². The molecule has 1 aliphatic rings. The lowest BCUT2D eigenvalue weighted by molar-refractivity contribution is -0.384. The highest BCUT2D eigenvalue weighted by Crippen LogP contribution is 2.38. The van der Waals surface area contributed by atoms with Gasteiger partial charge in [0.05, 0.1) is 16.4 Å². The summed E-state index contributed by atoms with van der Waals surface area (Å²) in [6.45, 7) is 2.18. The molecule has 156 valence electrons. The number of allylic oxidation sites excluding steroid dienone is 2. The van der Waals surface area contributed by atoms with Crippen molar-refractivity contribution < 1.29 is 10.0 Å². The number of aliphatic hydroxyl groups is 1. The summed E-state index contributed by atoms with van der Waals surface area (Å²) in [4.78, 5) is 11.6. The van der Waals surface area contributed by atoms with Crippen LogP contribution < -0.4 is 0 Å². The van der Waals surface area contributed by atoms with Crippen molar-refractivity contribution in [3.63, 3.8) is 0 Å². The average molecular weight is 414 g/mol. The van der Waals surface area contributed by atoms with E-state index < -0.39 is 0 Å². The minimum Gasteiger partial charge on any atom is -0.388 e. The summed E-state index contributed by atoms with van der Waals surface area (Å²) in [7, 11) is 0. The maximum absolute atomic E-state index is 10.8. The Hall–Kier alpha value is -1.98. The Morgan fingerprint density at radius 3 is 2.72 bits per heavy atom. The number of aliphatic hydroxyl groups excluding tert-OH is 1. The molecule has 4 nitrogen and oxygen atoms in total. The number of unbranched alkanes of at least 4 members (excludes halogenated alkanes) is 2. The quantitative estimate of drug-likeness (QED) is 0.243. The van der Waals surface area contributed by atoms with Gasteiger partial charge in [-0.15, -0.1) is 11.3 Å². The van der Waals surface area contributed by atoms with Crippen LogP contribution in [0.3, 0.4) is 0 Å². The lowest BCUT2D eigenvalue weighted by atomic mass is 9.89. The number of aryl methyl sites for hydroxylation is 1. The number of rotatable bonds is 11. The molecule has 2 aromatic rings. The van der Waals surface area contributed by atoms with Crippen LogP contribution in [0.2, 0.25) is 0 Å². The average Bonchev–Trinajstić information content (AvgIpc) is 3.38. The largest absolute Gasteiger partial charge is 0.388 e. The van der Waals surface area contributed by atoms with Crippen molar-refractivity contribution >= 4 is 22.6 Å². The number of hydrogen-bond donors (Lipinski definition) is 1. The SMILES string of the molecule is CCCCCC(O)c1ccc(C2=CCC[C@@H]2CCCc2cc([N+](=O)[O-])cs2)cc1. The predicted molar refractivity (Wildman–Crippen MR) is 120 cm³/mol. The standard InChI is InChI=1S/C24H31NO3S/c1-2-3-4-11-24(26)20-14-12-19(13-15-20)23-10-6-8-18(23)7-5-9-22-16-21(17-29-22)25(27)28/h10,12-18,24,26H,2-9,11H2,1H3/t18-,24?/m0/s1. The number of thiophene rings is 1. The molecule has 0 spiro atoms. The fourth-order valence-corrected chi connectivity index (χ4v) is 5.06. The molecule has 0 radical (unpaired) electrons. The van der Waals surface area contributed by atoms with Gasteiger partial charge in [-0.25, -0.2) is 0 Å². The Morgan fingerprint density at radius 2 is 2.03 bits per heavy atom. The van der Waals surface area contributed by atoms with E-state index in [1.54, 1.807) is 11.4 Å². The van der Waals surface area contributed by atoms with Crippen molar-refractivity contribution in [3.8, 4) is 0 Å². The smallest absolute Gasteiger partial charge is 0.280 e. The van der Waals surface area contributed by atoms with Crippen LogP contribution in [0.15, 0.2) is 41.8 Å². The van der Waals surface area contributed by atoms with E-state index >= 15 is 0 Å². The van der Waals surface area contributed by atoms with Crippen LogP contribution in [0.25, 0.3) is 5.57 Å². The van der Waals surface area contributed by atoms with Gasteiger partial charge in [0.25, 0.3) is 5.69 Å². The van der Waals surface area contributed by atoms with Gasteiger partial charge in [0.15, 0.2) is 0 Å². The zero-order valence-corrected chi connectivity index (χ0v) is 18.0. The summed E-state index contributed by atoms with van der Waals surface area (Å²) in [5.74, 6) is 0.560. The third-order valence-electron chi connectivity index (χ3n) is 5.86. The molecular formula is C24H31NO3S. The van der Waals surface area contributed by atoms with Crippen molar-refractivity contribution in [1.82, 2.24) is 0 Å². The molecule has 1 N–H and O–H groups in total. The van der Waals surface area contributed by atoms with Gasteiger partial charge in [0.2, 0.25) is 0 Å². The molecule has 3 rings (SSSR count). The van der Waals surface area contributed by atoms with E-state index in [1.165, 1.54) is 41.7 Å². The topological polar surface area (TPSA) is 63.4 Å². The van der Waals surface area contributed by atoms with Gasteiger partial charge in [-0.2, -0.15) is 0 Å². The second kappa shape index (κ2) is 10.7. The molecule has 0 saturated carbocycles. The van der Waals surface area contributed by atoms with E-state index in [1.807, 2.05) is 0 Å². The summed E-state index contributed by atoms with van der Waals surface area (Å²) >= 11 is 1.49. The first-order chi connectivity index (χ1) is 14.1. The van der Waals surface area contributed by atoms with E-state index in [0.717, 1.165) is 49.0 Å². The summed E-state index contributed by atoms with van der Waals surface area (Å²) in [5.41, 5.74) is 3.92. The van der Waals surface area contributed by atoms with Gasteiger partial charge in [-0.05, 0) is 61.1 Å². The van der Waals surface area contributed by atoms with Crippen LogP contribution >= 0.6 is 11.3 Å². The van der Waals surface area contributed by atoms with Gasteiger partial charge in [-0.1, -0.05) is 56.5 Å². The van der Waals surface area contributed by atoms with E-state index in [0.29, 0.717) is 5.92 Å². The molecule has 0 saturated heterocycles. The van der Waals surface area contributed by atoms with Gasteiger partial charge in [-0.3, -0.25) is 10.1 Å². The maximum atomic E-state index is 10.8. The van der Waals surface area contributed by atoms with Gasteiger partial charge >= 0.3 is 0 Å². The summed E-state index contributed by atoms with van der Waals surface area (Å²) in [6.07, 6.45) is 11.6. The van der Waals surface area contributed by atoms with Crippen molar-refractivity contribution in [1.29, 1.82) is 0 Å². The van der Waals surface area contributed by atoms with Crippen LogP contribution in [0.1, 0.15) is 80.4 Å². The first kappa shape index (κ1) is 21.7. The minimum absolute atomic E-state index is 0.212. The zero-order chi connectivity index (χ0) is 20.6. The molecule has 0 fully saturated rings. The predicted octanol–water partition coefficient (Wildman–Crippen LogP) is 7.09.